The van der Waals surface area contributed by atoms with Gasteiger partial charge in [0.05, 0.1) is 19.8 Å². The maximum Gasteiger partial charge on any atom is 0.121 e. The summed E-state index contributed by atoms with van der Waals surface area (Å²) in [6.45, 7) is 4.55. The summed E-state index contributed by atoms with van der Waals surface area (Å²) in [6, 6.07) is 7.25. The van der Waals surface area contributed by atoms with Crippen LogP contribution in [0, 0.1) is 6.92 Å². The molecule has 2 aliphatic rings. The van der Waals surface area contributed by atoms with Crippen LogP contribution in [0.4, 0.5) is 0 Å². The van der Waals surface area contributed by atoms with Gasteiger partial charge in [-0.2, -0.15) is 0 Å². The number of methoxy groups -OCH3 is 1. The third kappa shape index (κ3) is 2.80. The molecule has 1 aromatic carbocycles. The first-order valence-electron chi connectivity index (χ1n) is 7.96. The SMILES string of the molecule is COc1ccc(C(CN)N2CCOC3CCCC32)cc1C. The lowest BCUT2D eigenvalue weighted by atomic mass is 9.99. The fraction of sp³-hybridized carbons (Fsp3) is 0.647. The molecule has 1 heterocycles. The Morgan fingerprint density at radius 3 is 3.00 bits per heavy atom. The van der Waals surface area contributed by atoms with Crippen LogP contribution in [-0.4, -0.2) is 43.9 Å². The van der Waals surface area contributed by atoms with Crippen LogP contribution in [0.2, 0.25) is 0 Å². The van der Waals surface area contributed by atoms with Crippen molar-refractivity contribution >= 4 is 0 Å². The monoisotopic (exact) mass is 290 g/mol. The largest absolute Gasteiger partial charge is 0.496 e. The van der Waals surface area contributed by atoms with Gasteiger partial charge in [0.25, 0.3) is 0 Å². The number of nitrogens with zero attached hydrogens (tertiary/aromatic N) is 1. The van der Waals surface area contributed by atoms with Gasteiger partial charge in [-0.1, -0.05) is 12.1 Å². The molecule has 1 saturated carbocycles. The topological polar surface area (TPSA) is 47.7 Å². The molecule has 4 heteroatoms. The molecule has 3 atom stereocenters. The molecule has 2 N–H and O–H groups in total. The number of nitrogens with two attached hydrogens (primary N) is 1. The molecule has 0 bridgehead atoms. The maximum atomic E-state index is 6.13. The molecule has 0 amide bonds. The summed E-state index contributed by atoms with van der Waals surface area (Å²) >= 11 is 0. The van der Waals surface area contributed by atoms with E-state index >= 15 is 0 Å². The molecule has 0 aromatic heterocycles. The van der Waals surface area contributed by atoms with E-state index in [9.17, 15) is 0 Å². The Hall–Kier alpha value is -1.10. The number of fused-ring (bicyclic) bond motifs is 1. The second-order valence-corrected chi connectivity index (χ2v) is 6.13. The number of aryl methyl sites for hydroxylation is 1. The van der Waals surface area contributed by atoms with Crippen molar-refractivity contribution in [3.05, 3.63) is 29.3 Å². The molecule has 1 aliphatic carbocycles. The van der Waals surface area contributed by atoms with Gasteiger partial charge in [-0.15, -0.1) is 0 Å². The third-order valence-electron chi connectivity index (χ3n) is 4.95. The second kappa shape index (κ2) is 6.34. The second-order valence-electron chi connectivity index (χ2n) is 6.13. The minimum Gasteiger partial charge on any atom is -0.496 e. The van der Waals surface area contributed by atoms with Crippen molar-refractivity contribution in [1.82, 2.24) is 4.90 Å². The number of benzene rings is 1. The van der Waals surface area contributed by atoms with Crippen molar-refractivity contribution in [3.8, 4) is 5.75 Å². The molecule has 3 rings (SSSR count). The van der Waals surface area contributed by atoms with Crippen LogP contribution < -0.4 is 10.5 Å². The van der Waals surface area contributed by atoms with Gasteiger partial charge in [0, 0.05) is 25.2 Å². The number of morpholine rings is 1. The Labute approximate surface area is 127 Å². The summed E-state index contributed by atoms with van der Waals surface area (Å²) in [6.07, 6.45) is 4.10. The zero-order chi connectivity index (χ0) is 14.8. The zero-order valence-corrected chi connectivity index (χ0v) is 13.0. The maximum absolute atomic E-state index is 6.13. The highest BCUT2D eigenvalue weighted by molar-refractivity contribution is 5.37. The zero-order valence-electron chi connectivity index (χ0n) is 13.0. The highest BCUT2D eigenvalue weighted by atomic mass is 16.5. The average molecular weight is 290 g/mol. The van der Waals surface area contributed by atoms with E-state index in [4.69, 9.17) is 15.2 Å². The fourth-order valence-electron chi connectivity index (χ4n) is 3.91. The van der Waals surface area contributed by atoms with Crippen LogP contribution >= 0.6 is 0 Å². The van der Waals surface area contributed by atoms with Crippen LogP contribution in [-0.2, 0) is 4.74 Å². The quantitative estimate of drug-likeness (QED) is 0.924. The Morgan fingerprint density at radius 1 is 1.43 bits per heavy atom. The van der Waals surface area contributed by atoms with Gasteiger partial charge in [0.15, 0.2) is 0 Å². The Bertz CT molecular complexity index is 492. The van der Waals surface area contributed by atoms with Crippen LogP contribution in [0.3, 0.4) is 0 Å². The van der Waals surface area contributed by atoms with E-state index < -0.39 is 0 Å². The van der Waals surface area contributed by atoms with Crippen molar-refractivity contribution < 1.29 is 9.47 Å². The molecule has 21 heavy (non-hydrogen) atoms. The summed E-state index contributed by atoms with van der Waals surface area (Å²) < 4.78 is 11.3. The van der Waals surface area contributed by atoms with E-state index in [0.717, 1.165) is 18.9 Å². The van der Waals surface area contributed by atoms with Crippen molar-refractivity contribution in [2.24, 2.45) is 5.73 Å². The van der Waals surface area contributed by atoms with Crippen LogP contribution in [0.5, 0.6) is 5.75 Å². The molecule has 1 aliphatic heterocycles. The molecule has 1 aromatic rings. The summed E-state index contributed by atoms with van der Waals surface area (Å²) in [5.74, 6) is 0.940. The van der Waals surface area contributed by atoms with Gasteiger partial charge >= 0.3 is 0 Å². The summed E-state index contributed by atoms with van der Waals surface area (Å²) in [5.41, 5.74) is 8.59. The number of hydrogen-bond donors (Lipinski definition) is 1. The van der Waals surface area contributed by atoms with Gasteiger partial charge in [-0.3, -0.25) is 4.90 Å². The van der Waals surface area contributed by atoms with Gasteiger partial charge in [-0.05, 0) is 43.4 Å². The molecular formula is C17H26N2O2. The predicted octanol–water partition coefficient (Wildman–Crippen LogP) is 2.26. The Kier molecular flexibility index (Phi) is 4.48. The highest BCUT2D eigenvalue weighted by Crippen LogP contribution is 2.35. The molecule has 0 radical (unpaired) electrons. The summed E-state index contributed by atoms with van der Waals surface area (Å²) in [5, 5.41) is 0. The van der Waals surface area contributed by atoms with E-state index in [1.54, 1.807) is 7.11 Å². The molecule has 3 unspecified atom stereocenters. The lowest BCUT2D eigenvalue weighted by Gasteiger charge is -2.42. The van der Waals surface area contributed by atoms with E-state index in [0.29, 0.717) is 18.7 Å². The van der Waals surface area contributed by atoms with Crippen molar-refractivity contribution in [2.45, 2.75) is 44.4 Å². The number of rotatable bonds is 4. The van der Waals surface area contributed by atoms with E-state index in [-0.39, 0.29) is 6.04 Å². The lowest BCUT2D eigenvalue weighted by molar-refractivity contribution is -0.0711. The van der Waals surface area contributed by atoms with Gasteiger partial charge < -0.3 is 15.2 Å². The van der Waals surface area contributed by atoms with E-state index in [1.165, 1.54) is 30.4 Å². The Morgan fingerprint density at radius 2 is 2.29 bits per heavy atom. The first kappa shape index (κ1) is 14.8. The smallest absolute Gasteiger partial charge is 0.121 e. The predicted molar refractivity (Wildman–Crippen MR) is 83.6 cm³/mol. The normalized spacial score (nSPS) is 27.4. The minimum atomic E-state index is 0.282. The molecule has 116 valence electrons. The first-order valence-corrected chi connectivity index (χ1v) is 7.96. The number of hydrogen-bond acceptors (Lipinski definition) is 4. The van der Waals surface area contributed by atoms with Crippen molar-refractivity contribution in [3.63, 3.8) is 0 Å². The van der Waals surface area contributed by atoms with Gasteiger partial charge in [0.1, 0.15) is 5.75 Å². The highest BCUT2D eigenvalue weighted by Gasteiger charge is 2.39. The van der Waals surface area contributed by atoms with Crippen molar-refractivity contribution in [1.29, 1.82) is 0 Å². The standard InChI is InChI=1S/C17H26N2O2/c1-12-10-13(6-7-16(12)20-2)15(11-18)19-8-9-21-17-5-3-4-14(17)19/h6-7,10,14-15,17H,3-5,8-9,11,18H2,1-2H3. The molecule has 1 saturated heterocycles. The average Bonchev–Trinajstić information content (AvgIpc) is 2.97. The van der Waals surface area contributed by atoms with E-state index in [2.05, 4.69) is 30.0 Å². The van der Waals surface area contributed by atoms with Crippen LogP contribution in [0.15, 0.2) is 18.2 Å². The molecule has 2 fully saturated rings. The number of ether oxygens (including phenoxy) is 2. The first-order chi connectivity index (χ1) is 10.2. The third-order valence-corrected chi connectivity index (χ3v) is 4.95. The molecular weight excluding hydrogens is 264 g/mol. The fourth-order valence-corrected chi connectivity index (χ4v) is 3.91. The Balaban J connectivity index is 1.85. The van der Waals surface area contributed by atoms with E-state index in [1.807, 2.05) is 0 Å². The minimum absolute atomic E-state index is 0.282. The van der Waals surface area contributed by atoms with Gasteiger partial charge in [0.2, 0.25) is 0 Å². The summed E-state index contributed by atoms with van der Waals surface area (Å²) in [7, 11) is 1.72. The van der Waals surface area contributed by atoms with Crippen molar-refractivity contribution in [2.75, 3.05) is 26.8 Å². The molecule has 4 nitrogen and oxygen atoms in total. The van der Waals surface area contributed by atoms with Gasteiger partial charge in [-0.25, -0.2) is 0 Å². The summed E-state index contributed by atoms with van der Waals surface area (Å²) in [4.78, 5) is 2.57. The molecule has 0 spiro atoms. The lowest BCUT2D eigenvalue weighted by Crippen LogP contribution is -2.51. The van der Waals surface area contributed by atoms with Crippen LogP contribution in [0.25, 0.3) is 0 Å². The van der Waals surface area contributed by atoms with Crippen LogP contribution in [0.1, 0.15) is 36.4 Å².